The quantitative estimate of drug-likeness (QED) is 0.0648. The van der Waals surface area contributed by atoms with Gasteiger partial charge in [-0.05, 0) is 141 Å². The predicted molar refractivity (Wildman–Crippen MR) is 226 cm³/mol. The van der Waals surface area contributed by atoms with Gasteiger partial charge in [0.05, 0.1) is 16.9 Å². The number of hydrogen-bond donors (Lipinski definition) is 5. The minimum atomic E-state index is -4.95. The van der Waals surface area contributed by atoms with Crippen LogP contribution in [0.1, 0.15) is 69.3 Å². The summed E-state index contributed by atoms with van der Waals surface area (Å²) in [6, 6.07) is 9.29. The van der Waals surface area contributed by atoms with E-state index in [1.165, 1.54) is 53.3 Å². The highest BCUT2D eigenvalue weighted by Crippen LogP contribution is 2.37. The molecule has 6 aromatic rings. The summed E-state index contributed by atoms with van der Waals surface area (Å²) < 4.78 is 149. The number of hydrogen-bond acceptors (Lipinski definition) is 6. The first-order valence-corrected chi connectivity index (χ1v) is 22.6. The van der Waals surface area contributed by atoms with Gasteiger partial charge in [0.15, 0.2) is 0 Å². The summed E-state index contributed by atoms with van der Waals surface area (Å²) in [5.41, 5.74) is 4.43. The number of H-pyrrole nitrogens is 2. The number of aromatic nitrogens is 2. The van der Waals surface area contributed by atoms with E-state index in [2.05, 4.69) is 9.97 Å². The second-order valence-electron chi connectivity index (χ2n) is 16.1. The number of aryl methyl sites for hydroxylation is 6. The number of methoxy groups -OCH3 is 1. The van der Waals surface area contributed by atoms with Crippen LogP contribution >= 0.6 is 0 Å². The van der Waals surface area contributed by atoms with Gasteiger partial charge in [-0.2, -0.15) is 35.8 Å². The van der Waals surface area contributed by atoms with Crippen molar-refractivity contribution < 1.29 is 53.0 Å². The number of alkyl halides is 6. The van der Waals surface area contributed by atoms with E-state index >= 15 is 0 Å². The Kier molecular flexibility index (Phi) is 12.9. The van der Waals surface area contributed by atoms with E-state index in [9.17, 15) is 48.3 Å². The number of rotatable bonds is 15. The minimum Gasteiger partial charge on any atom is -0.508 e. The number of halogens is 6. The highest BCUT2D eigenvalue weighted by molar-refractivity contribution is 7.90. The number of phenolic OH excluding ortho intramolecular Hbond substituents is 1. The van der Waals surface area contributed by atoms with Gasteiger partial charge in [-0.1, -0.05) is 36.8 Å². The highest BCUT2D eigenvalue weighted by Gasteiger charge is 2.44. The molecule has 0 amide bonds. The Bertz CT molecular complexity index is 2820. The van der Waals surface area contributed by atoms with Crippen molar-refractivity contribution in [3.8, 4) is 11.5 Å². The van der Waals surface area contributed by atoms with Crippen LogP contribution in [0, 0.1) is 34.6 Å². The first-order chi connectivity index (χ1) is 28.8. The molecule has 6 rings (SSSR count). The average molecular weight is 907 g/mol. The van der Waals surface area contributed by atoms with Crippen molar-refractivity contribution in [3.63, 3.8) is 0 Å². The number of sulfonamides is 2. The predicted octanol–water partition coefficient (Wildman–Crippen LogP) is 9.55. The minimum absolute atomic E-state index is 0.132. The maximum absolute atomic E-state index is 14.4. The van der Waals surface area contributed by atoms with Crippen LogP contribution in [0.5, 0.6) is 11.5 Å². The van der Waals surface area contributed by atoms with Gasteiger partial charge in [-0.15, -0.1) is 0 Å². The fourth-order valence-electron chi connectivity index (χ4n) is 8.37. The summed E-state index contributed by atoms with van der Waals surface area (Å²) in [4.78, 5) is 5.37. The molecule has 2 unspecified atom stereocenters. The first kappa shape index (κ1) is 46.5. The molecule has 10 nitrogen and oxygen atoms in total. The topological polar surface area (TPSA) is 153 Å². The third kappa shape index (κ3) is 9.93. The molecule has 0 radical (unpaired) electrons. The monoisotopic (exact) mass is 906 g/mol. The number of benzene rings is 4. The molecule has 0 saturated heterocycles. The maximum Gasteiger partial charge on any atom is 0.405 e. The smallest absolute Gasteiger partial charge is 0.405 e. The molecular weight excluding hydrogens is 859 g/mol. The van der Waals surface area contributed by atoms with Gasteiger partial charge in [-0.3, -0.25) is 0 Å². The molecule has 2 heterocycles. The molecule has 4 aromatic carbocycles. The fourth-order valence-corrected chi connectivity index (χ4v) is 11.7. The van der Waals surface area contributed by atoms with Crippen LogP contribution in [0.4, 0.5) is 26.3 Å². The molecule has 0 aliphatic carbocycles. The van der Waals surface area contributed by atoms with Gasteiger partial charge in [0.1, 0.15) is 23.6 Å². The molecule has 0 fully saturated rings. The highest BCUT2D eigenvalue weighted by atomic mass is 32.2. The Balaban J connectivity index is 1.16. The fraction of sp³-hybridized carbons (Fsp3) is 0.364. The molecule has 0 spiro atoms. The lowest BCUT2D eigenvalue weighted by Crippen LogP contribution is -2.47. The van der Waals surface area contributed by atoms with Crippen LogP contribution in [0.25, 0.3) is 21.8 Å². The zero-order valence-corrected chi connectivity index (χ0v) is 36.6. The Morgan fingerprint density at radius 2 is 1.15 bits per heavy atom. The van der Waals surface area contributed by atoms with Gasteiger partial charge in [-0.25, -0.2) is 16.8 Å². The van der Waals surface area contributed by atoms with Crippen molar-refractivity contribution in [2.24, 2.45) is 0 Å². The van der Waals surface area contributed by atoms with Crippen LogP contribution in [0.2, 0.25) is 0 Å². The van der Waals surface area contributed by atoms with E-state index < -0.39 is 57.3 Å². The summed E-state index contributed by atoms with van der Waals surface area (Å²) in [6.07, 6.45) is -7.73. The van der Waals surface area contributed by atoms with Crippen LogP contribution in [-0.4, -0.2) is 63.5 Å². The molecule has 2 aromatic heterocycles. The third-order valence-electron chi connectivity index (χ3n) is 11.2. The van der Waals surface area contributed by atoms with Crippen LogP contribution in [0.3, 0.4) is 0 Å². The van der Waals surface area contributed by atoms with Gasteiger partial charge in [0.2, 0.25) is 20.0 Å². The number of aromatic amines is 2. The van der Waals surface area contributed by atoms with Crippen molar-refractivity contribution in [1.29, 1.82) is 0 Å². The molecular formula is C44H48F6N4O6S2. The third-order valence-corrected chi connectivity index (χ3v) is 14.7. The molecule has 5 N–H and O–H groups in total. The molecule has 3 atom stereocenters. The number of fused-ring (bicyclic) bond motifs is 2. The zero-order valence-electron chi connectivity index (χ0n) is 35.0. The van der Waals surface area contributed by atoms with Crippen LogP contribution in [-0.2, 0) is 39.3 Å². The number of phenols is 1. The zero-order chi connectivity index (χ0) is 45.7. The lowest BCUT2D eigenvalue weighted by molar-refractivity contribution is -0.151. The summed E-state index contributed by atoms with van der Waals surface area (Å²) in [5.74, 6) is -0.0703. The van der Waals surface area contributed by atoms with E-state index in [1.807, 2.05) is 16.4 Å². The summed E-state index contributed by atoms with van der Waals surface area (Å²) in [6.45, 7) is 9.64. The molecule has 62 heavy (non-hydrogen) atoms. The number of nitrogens with one attached hydrogen (secondary N) is 4. The molecule has 18 heteroatoms. The lowest BCUT2D eigenvalue weighted by Gasteiger charge is -2.23. The normalized spacial score (nSPS) is 14.4. The second-order valence-corrected chi connectivity index (χ2v) is 19.4. The van der Waals surface area contributed by atoms with Gasteiger partial charge < -0.3 is 19.8 Å². The standard InChI is InChI=1S/C44H48F6N4O6S2/c1-23-12-25(3)41(26(4)13-23)61(56,57)53-40(44(48,49)50)17-31-22-52-37-19-33(38(55)20-35(31)37)24(2)8-9-29-14-27(5)42(28(6)15-29)62(58,59)54-39(43(45,46)47)16-30-21-51-36-11-10-32(60-7)18-34(30)36/h10-15,18-22,24,39-40,51-55H,8-9,16-17H2,1-7H3/t24-,39?,40?/m0/s1. The summed E-state index contributed by atoms with van der Waals surface area (Å²) in [5, 5.41) is 11.9. The SMILES string of the molecule is COc1ccc2[nH]cc(CC(NS(=O)(=O)c3c(C)cc(CC[C@H](C)c4cc5[nH]cc(CC(NS(=O)(=O)c6c(C)cc(C)cc6C)C(F)(F)F)c5cc4O)cc3C)C(F)(F)F)c2c1. The second kappa shape index (κ2) is 17.3. The molecule has 0 bridgehead atoms. The van der Waals surface area contributed by atoms with Gasteiger partial charge in [0.25, 0.3) is 0 Å². The van der Waals surface area contributed by atoms with E-state index in [-0.39, 0.29) is 49.1 Å². The van der Waals surface area contributed by atoms with E-state index in [1.54, 1.807) is 55.5 Å². The van der Waals surface area contributed by atoms with E-state index in [0.717, 1.165) is 5.56 Å². The Hall–Kier alpha value is -5.04. The van der Waals surface area contributed by atoms with Crippen molar-refractivity contribution in [2.45, 2.75) is 107 Å². The molecule has 0 aliphatic rings. The molecule has 334 valence electrons. The van der Waals surface area contributed by atoms with Crippen molar-refractivity contribution in [1.82, 2.24) is 19.4 Å². The lowest BCUT2D eigenvalue weighted by atomic mass is 9.91. The van der Waals surface area contributed by atoms with Crippen LogP contribution in [0.15, 0.2) is 76.8 Å². The Morgan fingerprint density at radius 3 is 1.63 bits per heavy atom. The molecule has 0 saturated carbocycles. The summed E-state index contributed by atoms with van der Waals surface area (Å²) >= 11 is 0. The number of aromatic hydroxyl groups is 1. The van der Waals surface area contributed by atoms with Gasteiger partial charge in [0, 0.05) is 34.2 Å². The maximum atomic E-state index is 14.4. The van der Waals surface area contributed by atoms with Crippen LogP contribution < -0.4 is 14.2 Å². The van der Waals surface area contributed by atoms with Crippen molar-refractivity contribution in [2.75, 3.05) is 7.11 Å². The number of ether oxygens (including phenoxy) is 1. The van der Waals surface area contributed by atoms with E-state index in [4.69, 9.17) is 4.74 Å². The Morgan fingerprint density at radius 1 is 0.677 bits per heavy atom. The van der Waals surface area contributed by atoms with Gasteiger partial charge >= 0.3 is 12.4 Å². The van der Waals surface area contributed by atoms with E-state index in [0.29, 0.717) is 57.3 Å². The van der Waals surface area contributed by atoms with Crippen molar-refractivity contribution >= 4 is 41.9 Å². The summed E-state index contributed by atoms with van der Waals surface area (Å²) in [7, 11) is -7.82. The van der Waals surface area contributed by atoms with Crippen molar-refractivity contribution in [3.05, 3.63) is 117 Å². The Labute approximate surface area is 356 Å². The molecule has 0 aliphatic heterocycles. The first-order valence-electron chi connectivity index (χ1n) is 19.6. The average Bonchev–Trinajstić information content (AvgIpc) is 3.73. The largest absolute Gasteiger partial charge is 0.508 e.